The number of ether oxygens (including phenoxy) is 2. The zero-order valence-corrected chi connectivity index (χ0v) is 18.9. The smallest absolute Gasteiger partial charge is 0.196 e. The van der Waals surface area contributed by atoms with Crippen LogP contribution in [0.5, 0.6) is 23.0 Å². The van der Waals surface area contributed by atoms with Gasteiger partial charge in [-0.1, -0.05) is 60.7 Å². The van der Waals surface area contributed by atoms with Crippen molar-refractivity contribution in [1.29, 1.82) is 0 Å². The molecule has 0 amide bonds. The van der Waals surface area contributed by atoms with Gasteiger partial charge in [-0.2, -0.15) is 0 Å². The average molecular weight is 469 g/mol. The molecule has 0 bridgehead atoms. The molecule has 0 unspecified atom stereocenters. The van der Waals surface area contributed by atoms with Gasteiger partial charge in [-0.15, -0.1) is 0 Å². The Morgan fingerprint density at radius 2 is 0.971 bits per heavy atom. The molecule has 2 N–H and O–H groups in total. The Hall–Kier alpha value is -4.58. The molecular formula is C29H24O6. The summed E-state index contributed by atoms with van der Waals surface area (Å²) in [6, 6.07) is 26.7. The van der Waals surface area contributed by atoms with E-state index in [4.69, 9.17) is 9.47 Å². The molecule has 0 saturated heterocycles. The Kier molecular flexibility index (Phi) is 7.43. The lowest BCUT2D eigenvalue weighted by Crippen LogP contribution is -2.06. The van der Waals surface area contributed by atoms with Crippen molar-refractivity contribution >= 4 is 11.6 Å². The number of hydrogen-bond acceptors (Lipinski definition) is 6. The van der Waals surface area contributed by atoms with Crippen LogP contribution in [0.25, 0.3) is 0 Å². The van der Waals surface area contributed by atoms with Crippen molar-refractivity contribution in [1.82, 2.24) is 0 Å². The summed E-state index contributed by atoms with van der Waals surface area (Å²) in [5, 5.41) is 20.5. The molecule has 0 atom stereocenters. The van der Waals surface area contributed by atoms with Gasteiger partial charge in [0.25, 0.3) is 0 Å². The monoisotopic (exact) mass is 468 g/mol. The third kappa shape index (κ3) is 5.86. The molecule has 0 spiro atoms. The first-order valence-electron chi connectivity index (χ1n) is 11.1. The minimum absolute atomic E-state index is 0.145. The molecule has 0 heterocycles. The fourth-order valence-electron chi connectivity index (χ4n) is 3.52. The first kappa shape index (κ1) is 23.6. The lowest BCUT2D eigenvalue weighted by Gasteiger charge is -2.11. The van der Waals surface area contributed by atoms with Gasteiger partial charge in [0.1, 0.15) is 23.0 Å². The second-order valence-corrected chi connectivity index (χ2v) is 7.80. The van der Waals surface area contributed by atoms with E-state index in [0.717, 1.165) is 0 Å². The molecule has 0 aromatic heterocycles. The summed E-state index contributed by atoms with van der Waals surface area (Å²) in [6.45, 7) is 0.643. The SMILES string of the molecule is O=C(c1ccccc1)c1ccc(OCCCOc2ccc(C(=O)c3ccccc3)c(O)c2)cc1O. The Labute approximate surface area is 203 Å². The highest BCUT2D eigenvalue weighted by Gasteiger charge is 2.15. The van der Waals surface area contributed by atoms with E-state index in [9.17, 15) is 19.8 Å². The molecule has 0 aliphatic rings. The first-order valence-corrected chi connectivity index (χ1v) is 11.1. The van der Waals surface area contributed by atoms with Crippen molar-refractivity contribution in [2.75, 3.05) is 13.2 Å². The fourth-order valence-corrected chi connectivity index (χ4v) is 3.52. The third-order valence-corrected chi connectivity index (χ3v) is 5.33. The Bertz CT molecular complexity index is 1210. The largest absolute Gasteiger partial charge is 0.507 e. The molecule has 35 heavy (non-hydrogen) atoms. The summed E-state index contributed by atoms with van der Waals surface area (Å²) < 4.78 is 11.3. The van der Waals surface area contributed by atoms with Crippen molar-refractivity contribution in [2.45, 2.75) is 6.42 Å². The number of carbonyl (C=O) groups is 2. The molecule has 0 saturated carbocycles. The highest BCUT2D eigenvalue weighted by atomic mass is 16.5. The van der Waals surface area contributed by atoms with E-state index in [-0.39, 0.29) is 34.2 Å². The first-order chi connectivity index (χ1) is 17.0. The van der Waals surface area contributed by atoms with Gasteiger partial charge in [-0.05, 0) is 24.3 Å². The standard InChI is InChI=1S/C29H24O6/c30-26-18-22(12-14-24(26)28(32)20-8-3-1-4-9-20)34-16-7-17-35-23-13-15-25(27(31)19-23)29(33)21-10-5-2-6-11-21/h1-6,8-15,18-19,30-31H,7,16-17H2. The van der Waals surface area contributed by atoms with Crippen LogP contribution in [0, 0.1) is 0 Å². The summed E-state index contributed by atoms with van der Waals surface area (Å²) in [4.78, 5) is 25.0. The Morgan fingerprint density at radius 1 is 0.571 bits per heavy atom. The zero-order valence-electron chi connectivity index (χ0n) is 18.9. The predicted molar refractivity (Wildman–Crippen MR) is 132 cm³/mol. The van der Waals surface area contributed by atoms with E-state index >= 15 is 0 Å². The number of ketones is 2. The van der Waals surface area contributed by atoms with Gasteiger partial charge in [0.15, 0.2) is 11.6 Å². The molecule has 4 aromatic rings. The molecule has 176 valence electrons. The molecule has 4 aromatic carbocycles. The van der Waals surface area contributed by atoms with E-state index in [2.05, 4.69) is 0 Å². The number of benzene rings is 4. The van der Waals surface area contributed by atoms with Gasteiger partial charge in [0.2, 0.25) is 0 Å². The molecule has 4 rings (SSSR count). The maximum absolute atomic E-state index is 12.5. The van der Waals surface area contributed by atoms with Gasteiger partial charge in [0, 0.05) is 29.7 Å². The van der Waals surface area contributed by atoms with Gasteiger partial charge in [0.05, 0.1) is 24.3 Å². The average Bonchev–Trinajstić information content (AvgIpc) is 2.89. The van der Waals surface area contributed by atoms with Crippen LogP contribution >= 0.6 is 0 Å². The number of aromatic hydroxyl groups is 2. The third-order valence-electron chi connectivity index (χ3n) is 5.33. The lowest BCUT2D eigenvalue weighted by molar-refractivity contribution is 0.102. The Morgan fingerprint density at radius 3 is 1.34 bits per heavy atom. The second-order valence-electron chi connectivity index (χ2n) is 7.80. The molecule has 0 fully saturated rings. The van der Waals surface area contributed by atoms with Crippen LogP contribution in [0.4, 0.5) is 0 Å². The summed E-state index contributed by atoms with van der Waals surface area (Å²) in [7, 11) is 0. The van der Waals surface area contributed by atoms with Crippen LogP contribution < -0.4 is 9.47 Å². The van der Waals surface area contributed by atoms with Crippen LogP contribution in [-0.2, 0) is 0 Å². The lowest BCUT2D eigenvalue weighted by atomic mass is 10.0. The van der Waals surface area contributed by atoms with Crippen LogP contribution in [0.15, 0.2) is 97.1 Å². The minimum atomic E-state index is -0.261. The summed E-state index contributed by atoms with van der Waals surface area (Å²) in [6.07, 6.45) is 0.539. The topological polar surface area (TPSA) is 93.1 Å². The molecule has 0 aliphatic carbocycles. The van der Waals surface area contributed by atoms with Gasteiger partial charge in [-0.3, -0.25) is 9.59 Å². The number of carbonyl (C=O) groups excluding carboxylic acids is 2. The molecule has 0 radical (unpaired) electrons. The maximum Gasteiger partial charge on any atom is 0.196 e. The molecule has 0 aliphatic heterocycles. The van der Waals surface area contributed by atoms with Crippen molar-refractivity contribution < 1.29 is 29.3 Å². The van der Waals surface area contributed by atoms with E-state index in [1.54, 1.807) is 60.7 Å². The number of phenolic OH excluding ortho intramolecular Hbond substituents is 2. The van der Waals surface area contributed by atoms with Crippen LogP contribution in [0.3, 0.4) is 0 Å². The zero-order chi connectivity index (χ0) is 24.6. The summed E-state index contributed by atoms with van der Waals surface area (Å²) in [5.74, 6) is 0.0640. The number of rotatable bonds is 10. The second kappa shape index (κ2) is 11.0. The molecular weight excluding hydrogens is 444 g/mol. The van der Waals surface area contributed by atoms with Crippen molar-refractivity contribution in [3.8, 4) is 23.0 Å². The van der Waals surface area contributed by atoms with Crippen LogP contribution in [-0.4, -0.2) is 35.0 Å². The van der Waals surface area contributed by atoms with Gasteiger partial charge >= 0.3 is 0 Å². The highest BCUT2D eigenvalue weighted by molar-refractivity contribution is 6.11. The molecule has 6 heteroatoms. The fraction of sp³-hybridized carbons (Fsp3) is 0.103. The quantitative estimate of drug-likeness (QED) is 0.239. The summed E-state index contributed by atoms with van der Waals surface area (Å²) >= 11 is 0. The van der Waals surface area contributed by atoms with Crippen LogP contribution in [0.2, 0.25) is 0 Å². The van der Waals surface area contributed by atoms with Crippen LogP contribution in [0.1, 0.15) is 38.3 Å². The van der Waals surface area contributed by atoms with Gasteiger partial charge < -0.3 is 19.7 Å². The molecule has 6 nitrogen and oxygen atoms in total. The highest BCUT2D eigenvalue weighted by Crippen LogP contribution is 2.27. The normalized spacial score (nSPS) is 10.5. The maximum atomic E-state index is 12.5. The van der Waals surface area contributed by atoms with E-state index < -0.39 is 0 Å². The Balaban J connectivity index is 1.26. The van der Waals surface area contributed by atoms with Crippen molar-refractivity contribution in [2.24, 2.45) is 0 Å². The number of hydrogen-bond donors (Lipinski definition) is 2. The van der Waals surface area contributed by atoms with Crippen molar-refractivity contribution in [3.63, 3.8) is 0 Å². The van der Waals surface area contributed by atoms with E-state index in [1.165, 1.54) is 24.3 Å². The van der Waals surface area contributed by atoms with Gasteiger partial charge in [-0.25, -0.2) is 0 Å². The minimum Gasteiger partial charge on any atom is -0.507 e. The van der Waals surface area contributed by atoms with E-state index in [0.29, 0.717) is 42.3 Å². The summed E-state index contributed by atoms with van der Waals surface area (Å²) in [5.41, 5.74) is 1.41. The number of phenols is 2. The van der Waals surface area contributed by atoms with E-state index in [1.807, 2.05) is 12.1 Å². The van der Waals surface area contributed by atoms with Crippen molar-refractivity contribution in [3.05, 3.63) is 119 Å². The predicted octanol–water partition coefficient (Wildman–Crippen LogP) is 5.41.